The molecule has 3 aromatic carbocycles. The molecule has 0 fully saturated rings. The summed E-state index contributed by atoms with van der Waals surface area (Å²) in [6.07, 6.45) is 0. The van der Waals surface area contributed by atoms with Crippen molar-refractivity contribution in [3.05, 3.63) is 93.6 Å². The van der Waals surface area contributed by atoms with Gasteiger partial charge in [-0.1, -0.05) is 48.5 Å². The van der Waals surface area contributed by atoms with Gasteiger partial charge < -0.3 is 13.8 Å². The second-order valence-electron chi connectivity index (χ2n) is 6.69. The molecule has 0 aromatic heterocycles. The van der Waals surface area contributed by atoms with Crippen LogP contribution in [0.4, 0.5) is 0 Å². The van der Waals surface area contributed by atoms with E-state index in [2.05, 4.69) is 27.7 Å². The molecule has 0 bridgehead atoms. The number of nitrogens with zero attached hydrogens (tertiary/aromatic N) is 1. The van der Waals surface area contributed by atoms with E-state index in [4.69, 9.17) is 13.8 Å². The molecule has 0 aliphatic heterocycles. The topological polar surface area (TPSA) is 97.6 Å². The van der Waals surface area contributed by atoms with Crippen molar-refractivity contribution < 1.29 is 23.1 Å². The Balaban J connectivity index is 1.78. The molecule has 3 aromatic rings. The number of para-hydroxylation sites is 1. The molecule has 2 atom stereocenters. The van der Waals surface area contributed by atoms with Crippen LogP contribution in [0.25, 0.3) is 0 Å². The van der Waals surface area contributed by atoms with E-state index in [9.17, 15) is 14.6 Å². The Hall–Kier alpha value is -2.86. The zero-order valence-electron chi connectivity index (χ0n) is 17.1. The Kier molecular flexibility index (Phi) is 8.28. The second-order valence-corrected chi connectivity index (χ2v) is 9.55. The quantitative estimate of drug-likeness (QED) is 0.211. The molecule has 3 rings (SSSR count). The molecule has 0 aliphatic rings. The Morgan fingerprint density at radius 2 is 1.72 bits per heavy atom. The summed E-state index contributed by atoms with van der Waals surface area (Å²) in [5, 5.41) is 12.0. The first kappa shape index (κ1) is 23.8. The third-order valence-corrected chi connectivity index (χ3v) is 6.44. The minimum atomic E-state index is -4.13. The monoisotopic (exact) mass is 562 g/mol. The molecule has 1 unspecified atom stereocenters. The van der Waals surface area contributed by atoms with Crippen LogP contribution in [0.15, 0.2) is 78.9 Å². The highest BCUT2D eigenvalue weighted by atomic mass is 127. The Labute approximate surface area is 200 Å². The lowest BCUT2D eigenvalue weighted by molar-refractivity contribution is -0.146. The molecular weight excluding hydrogens is 542 g/mol. The highest BCUT2D eigenvalue weighted by Gasteiger charge is 2.34. The maximum Gasteiger partial charge on any atom is 0.513 e. The molecule has 0 spiro atoms. The van der Waals surface area contributed by atoms with Gasteiger partial charge in [-0.3, -0.25) is 4.79 Å². The minimum absolute atomic E-state index is 0.0736. The molecule has 0 saturated heterocycles. The third kappa shape index (κ3) is 6.82. The van der Waals surface area contributed by atoms with Gasteiger partial charge in [0.05, 0.1) is 5.56 Å². The van der Waals surface area contributed by atoms with Crippen LogP contribution in [0.3, 0.4) is 0 Å². The van der Waals surface area contributed by atoms with Crippen LogP contribution in [-0.2, 0) is 20.7 Å². The van der Waals surface area contributed by atoms with Crippen molar-refractivity contribution in [3.8, 4) is 17.6 Å². The van der Waals surface area contributed by atoms with E-state index in [-0.39, 0.29) is 23.7 Å². The summed E-state index contributed by atoms with van der Waals surface area (Å²) in [5.74, 6) is -0.279. The number of halogens is 1. The smallest absolute Gasteiger partial charge is 0.460 e. The van der Waals surface area contributed by atoms with Crippen LogP contribution in [0.2, 0.25) is 0 Å². The second kappa shape index (κ2) is 11.1. The van der Waals surface area contributed by atoms with Crippen molar-refractivity contribution in [1.29, 1.82) is 5.26 Å². The first-order valence-corrected chi connectivity index (χ1v) is 12.2. The highest BCUT2D eigenvalue weighted by molar-refractivity contribution is 14.1. The Bertz CT molecular complexity index is 1150. The van der Waals surface area contributed by atoms with Crippen LogP contribution in [0, 0.1) is 14.9 Å². The molecule has 164 valence electrons. The fraction of sp³-hybridized carbons (Fsp3) is 0.130. The first-order chi connectivity index (χ1) is 15.4. The molecule has 9 heteroatoms. The molecule has 0 amide bonds. The van der Waals surface area contributed by atoms with Crippen molar-refractivity contribution in [2.75, 3.05) is 0 Å². The van der Waals surface area contributed by atoms with E-state index in [1.165, 1.54) is 13.0 Å². The summed E-state index contributed by atoms with van der Waals surface area (Å²) >= 11 is 2.06. The molecule has 0 radical (unpaired) electrons. The first-order valence-electron chi connectivity index (χ1n) is 9.61. The van der Waals surface area contributed by atoms with Crippen molar-refractivity contribution in [2.24, 2.45) is 0 Å². The Morgan fingerprint density at radius 3 is 2.38 bits per heavy atom. The van der Waals surface area contributed by atoms with Gasteiger partial charge in [0, 0.05) is 3.57 Å². The number of carbonyl (C=O) groups excluding carboxylic acids is 1. The van der Waals surface area contributed by atoms with Crippen LogP contribution in [-0.4, -0.2) is 12.0 Å². The summed E-state index contributed by atoms with van der Waals surface area (Å²) < 4.78 is 31.0. The predicted octanol–water partition coefficient (Wildman–Crippen LogP) is 5.45. The summed E-state index contributed by atoms with van der Waals surface area (Å²) in [6, 6.07) is 23.5. The van der Waals surface area contributed by atoms with Gasteiger partial charge in [0.1, 0.15) is 30.2 Å². The zero-order valence-corrected chi connectivity index (χ0v) is 20.2. The molecule has 32 heavy (non-hydrogen) atoms. The van der Waals surface area contributed by atoms with Gasteiger partial charge in [0.15, 0.2) is 0 Å². The molecule has 0 saturated carbocycles. The van der Waals surface area contributed by atoms with E-state index in [1.807, 2.05) is 36.4 Å². The largest absolute Gasteiger partial charge is 0.513 e. The number of hydrogen-bond acceptors (Lipinski definition) is 6. The maximum absolute atomic E-state index is 13.6. The van der Waals surface area contributed by atoms with Gasteiger partial charge in [-0.2, -0.15) is 10.3 Å². The summed E-state index contributed by atoms with van der Waals surface area (Å²) in [6.45, 7) is 1.57. The van der Waals surface area contributed by atoms with Crippen LogP contribution in [0.1, 0.15) is 18.1 Å². The molecule has 7 nitrogen and oxygen atoms in total. The number of carbonyl (C=O) groups is 1. The van der Waals surface area contributed by atoms with E-state index in [0.29, 0.717) is 0 Å². The fourth-order valence-corrected chi connectivity index (χ4v) is 4.66. The SMILES string of the molecule is C[C@H](NP(=O)(Oc1ccccc1)Oc1ccc(I)cc1C#N)C(=O)OCc1ccccc1. The van der Waals surface area contributed by atoms with Gasteiger partial charge in [0.2, 0.25) is 0 Å². The highest BCUT2D eigenvalue weighted by Crippen LogP contribution is 2.46. The van der Waals surface area contributed by atoms with Gasteiger partial charge in [0.25, 0.3) is 0 Å². The van der Waals surface area contributed by atoms with Crippen molar-refractivity contribution in [1.82, 2.24) is 5.09 Å². The summed E-state index contributed by atoms with van der Waals surface area (Å²) in [5.41, 5.74) is 1.01. The van der Waals surface area contributed by atoms with Crippen LogP contribution in [0.5, 0.6) is 11.5 Å². The Morgan fingerprint density at radius 1 is 1.06 bits per heavy atom. The third-order valence-electron chi connectivity index (χ3n) is 4.18. The zero-order chi connectivity index (χ0) is 23.0. The van der Waals surface area contributed by atoms with Crippen LogP contribution >= 0.6 is 30.3 Å². The molecule has 1 N–H and O–H groups in total. The summed E-state index contributed by atoms with van der Waals surface area (Å²) in [4.78, 5) is 12.5. The lowest BCUT2D eigenvalue weighted by atomic mass is 10.2. The predicted molar refractivity (Wildman–Crippen MR) is 128 cm³/mol. The van der Waals surface area contributed by atoms with Crippen LogP contribution < -0.4 is 14.1 Å². The average molecular weight is 562 g/mol. The lowest BCUT2D eigenvalue weighted by Gasteiger charge is -2.23. The molecule has 0 aliphatic carbocycles. The van der Waals surface area contributed by atoms with E-state index >= 15 is 0 Å². The van der Waals surface area contributed by atoms with E-state index < -0.39 is 19.8 Å². The van der Waals surface area contributed by atoms with Gasteiger partial charge in [-0.15, -0.1) is 0 Å². The van der Waals surface area contributed by atoms with Crippen molar-refractivity contribution >= 4 is 36.3 Å². The fourth-order valence-electron chi connectivity index (χ4n) is 2.63. The van der Waals surface area contributed by atoms with Crippen molar-refractivity contribution in [3.63, 3.8) is 0 Å². The average Bonchev–Trinajstić information content (AvgIpc) is 2.79. The lowest BCUT2D eigenvalue weighted by Crippen LogP contribution is -2.35. The van der Waals surface area contributed by atoms with E-state index in [0.717, 1.165) is 9.13 Å². The van der Waals surface area contributed by atoms with Gasteiger partial charge in [-0.25, -0.2) is 4.57 Å². The molecule has 0 heterocycles. The number of benzene rings is 3. The number of nitriles is 1. The van der Waals surface area contributed by atoms with E-state index in [1.54, 1.807) is 42.5 Å². The van der Waals surface area contributed by atoms with Gasteiger partial charge >= 0.3 is 13.7 Å². The standard InChI is InChI=1S/C23H20IN2O5P/c1-17(23(27)29-16-18-8-4-2-5-9-18)26-32(28,30-21-10-6-3-7-11-21)31-22-13-12-20(24)14-19(22)15-25/h2-14,17H,16H2,1H3,(H,26,28)/t17-,32?/m0/s1. The van der Waals surface area contributed by atoms with Crippen molar-refractivity contribution in [2.45, 2.75) is 19.6 Å². The maximum atomic E-state index is 13.6. The number of hydrogen-bond donors (Lipinski definition) is 1. The van der Waals surface area contributed by atoms with Gasteiger partial charge in [-0.05, 0) is 65.4 Å². The summed E-state index contributed by atoms with van der Waals surface area (Å²) in [7, 11) is -4.13. The minimum Gasteiger partial charge on any atom is -0.460 e. The molecular formula is C23H20IN2O5P. The number of ether oxygens (including phenoxy) is 1. The number of rotatable bonds is 9. The normalized spacial score (nSPS) is 13.3. The number of nitrogens with one attached hydrogen (secondary N) is 1. The number of esters is 1.